The molecule has 0 aliphatic carbocycles. The number of benzene rings is 1. The highest BCUT2D eigenvalue weighted by Gasteiger charge is 2.21. The van der Waals surface area contributed by atoms with Gasteiger partial charge in [-0.1, -0.05) is 6.07 Å². The first kappa shape index (κ1) is 16.7. The van der Waals surface area contributed by atoms with Crippen molar-refractivity contribution in [1.29, 1.82) is 0 Å². The van der Waals surface area contributed by atoms with E-state index in [0.29, 0.717) is 5.92 Å². The normalized spacial score (nSPS) is 20.2. The van der Waals surface area contributed by atoms with Crippen LogP contribution >= 0.6 is 35.0 Å². The number of hydrogen-bond acceptors (Lipinski definition) is 2. The van der Waals surface area contributed by atoms with Gasteiger partial charge in [0.15, 0.2) is 0 Å². The zero-order valence-electron chi connectivity index (χ0n) is 11.0. The van der Waals surface area contributed by atoms with E-state index in [4.69, 9.17) is 0 Å². The molecule has 0 saturated carbocycles. The van der Waals surface area contributed by atoms with Gasteiger partial charge in [0.05, 0.1) is 0 Å². The Hall–Kier alpha value is -0.330. The first-order valence-electron chi connectivity index (χ1n) is 6.44. The van der Waals surface area contributed by atoms with Gasteiger partial charge in [0.2, 0.25) is 0 Å². The summed E-state index contributed by atoms with van der Waals surface area (Å²) in [5.41, 5.74) is 0.748. The molecule has 0 aromatic heterocycles. The molecule has 1 aromatic rings. The standard InChI is InChI=1S/C14H19IN2O.ClH/c1-10(12-5-3-7-16-9-12)17-14(18)11-4-2-6-13(15)8-11;/h2,4,6,8,10,12,16H,3,5,7,9H2,1H3,(H,17,18);1H. The Balaban J connectivity index is 0.00000180. The highest BCUT2D eigenvalue weighted by Crippen LogP contribution is 2.15. The first-order valence-corrected chi connectivity index (χ1v) is 7.52. The number of nitrogens with one attached hydrogen (secondary N) is 2. The number of amides is 1. The Kier molecular flexibility index (Phi) is 7.10. The highest BCUT2D eigenvalue weighted by atomic mass is 127. The van der Waals surface area contributed by atoms with Crippen LogP contribution in [0.3, 0.4) is 0 Å². The molecule has 1 fully saturated rings. The van der Waals surface area contributed by atoms with Gasteiger partial charge in [-0.15, -0.1) is 12.4 Å². The maximum absolute atomic E-state index is 12.1. The molecular weight excluding hydrogens is 375 g/mol. The van der Waals surface area contributed by atoms with Crippen molar-refractivity contribution in [3.8, 4) is 0 Å². The fraction of sp³-hybridized carbons (Fsp3) is 0.500. The van der Waals surface area contributed by atoms with Crippen LogP contribution in [-0.4, -0.2) is 25.0 Å². The summed E-state index contributed by atoms with van der Waals surface area (Å²) < 4.78 is 1.09. The van der Waals surface area contributed by atoms with Gasteiger partial charge >= 0.3 is 0 Å². The lowest BCUT2D eigenvalue weighted by Crippen LogP contribution is -2.44. The van der Waals surface area contributed by atoms with Crippen LogP contribution in [-0.2, 0) is 0 Å². The van der Waals surface area contributed by atoms with E-state index in [-0.39, 0.29) is 24.4 Å². The molecule has 0 spiro atoms. The third-order valence-corrected chi connectivity index (χ3v) is 4.16. The molecule has 106 valence electrons. The van der Waals surface area contributed by atoms with E-state index in [1.165, 1.54) is 12.8 Å². The van der Waals surface area contributed by atoms with Crippen molar-refractivity contribution in [2.24, 2.45) is 5.92 Å². The SMILES string of the molecule is CC(NC(=O)c1cccc(I)c1)C1CCCNC1.Cl. The molecule has 1 saturated heterocycles. The van der Waals surface area contributed by atoms with Gasteiger partial charge in [0.1, 0.15) is 0 Å². The molecule has 3 nitrogen and oxygen atoms in total. The first-order chi connectivity index (χ1) is 8.66. The number of rotatable bonds is 3. The molecule has 2 N–H and O–H groups in total. The second-order valence-corrected chi connectivity index (χ2v) is 6.12. The summed E-state index contributed by atoms with van der Waals surface area (Å²) in [6.45, 7) is 4.21. The van der Waals surface area contributed by atoms with E-state index >= 15 is 0 Å². The molecule has 1 aliphatic heterocycles. The largest absolute Gasteiger partial charge is 0.349 e. The molecule has 0 bridgehead atoms. The number of carbonyl (C=O) groups is 1. The highest BCUT2D eigenvalue weighted by molar-refractivity contribution is 14.1. The van der Waals surface area contributed by atoms with Crippen molar-refractivity contribution in [2.75, 3.05) is 13.1 Å². The number of carbonyl (C=O) groups excluding carboxylic acids is 1. The minimum absolute atomic E-state index is 0. The number of hydrogen-bond donors (Lipinski definition) is 2. The van der Waals surface area contributed by atoms with Crippen molar-refractivity contribution in [3.05, 3.63) is 33.4 Å². The van der Waals surface area contributed by atoms with Gasteiger partial charge in [-0.2, -0.15) is 0 Å². The van der Waals surface area contributed by atoms with Crippen molar-refractivity contribution in [1.82, 2.24) is 10.6 Å². The third-order valence-electron chi connectivity index (χ3n) is 3.49. The van der Waals surface area contributed by atoms with Gasteiger partial charge in [-0.3, -0.25) is 4.79 Å². The van der Waals surface area contributed by atoms with E-state index < -0.39 is 0 Å². The van der Waals surface area contributed by atoms with Crippen molar-refractivity contribution in [3.63, 3.8) is 0 Å². The van der Waals surface area contributed by atoms with Crippen LogP contribution in [0.1, 0.15) is 30.1 Å². The molecule has 1 aliphatic rings. The molecular formula is C14H20ClIN2O. The fourth-order valence-electron chi connectivity index (χ4n) is 2.34. The Morgan fingerprint density at radius 3 is 2.95 bits per heavy atom. The second kappa shape index (κ2) is 8.07. The van der Waals surface area contributed by atoms with Gasteiger partial charge in [0.25, 0.3) is 5.91 Å². The van der Waals surface area contributed by atoms with Crippen LogP contribution in [0.25, 0.3) is 0 Å². The Morgan fingerprint density at radius 2 is 2.32 bits per heavy atom. The van der Waals surface area contributed by atoms with Gasteiger partial charge < -0.3 is 10.6 Å². The van der Waals surface area contributed by atoms with Crippen LogP contribution in [0, 0.1) is 9.49 Å². The molecule has 1 aromatic carbocycles. The van der Waals surface area contributed by atoms with E-state index in [1.807, 2.05) is 24.3 Å². The van der Waals surface area contributed by atoms with Crippen LogP contribution in [0.5, 0.6) is 0 Å². The minimum Gasteiger partial charge on any atom is -0.349 e. The predicted octanol–water partition coefficient (Wildman–Crippen LogP) is 2.83. The van der Waals surface area contributed by atoms with Crippen LogP contribution < -0.4 is 10.6 Å². The zero-order chi connectivity index (χ0) is 13.0. The summed E-state index contributed by atoms with van der Waals surface area (Å²) in [5, 5.41) is 6.50. The zero-order valence-corrected chi connectivity index (χ0v) is 14.0. The Labute approximate surface area is 134 Å². The summed E-state index contributed by atoms with van der Waals surface area (Å²) in [4.78, 5) is 12.1. The molecule has 1 amide bonds. The summed E-state index contributed by atoms with van der Waals surface area (Å²) in [6.07, 6.45) is 2.40. The van der Waals surface area contributed by atoms with Crippen LogP contribution in [0.4, 0.5) is 0 Å². The topological polar surface area (TPSA) is 41.1 Å². The van der Waals surface area contributed by atoms with Gasteiger partial charge in [-0.25, -0.2) is 0 Å². The average Bonchev–Trinajstić information content (AvgIpc) is 2.39. The Bertz CT molecular complexity index is 422. The van der Waals surface area contributed by atoms with E-state index in [1.54, 1.807) is 0 Å². The lowest BCUT2D eigenvalue weighted by atomic mass is 9.92. The van der Waals surface area contributed by atoms with Crippen LogP contribution in [0.2, 0.25) is 0 Å². The lowest BCUT2D eigenvalue weighted by Gasteiger charge is -2.28. The minimum atomic E-state index is 0. The lowest BCUT2D eigenvalue weighted by molar-refractivity contribution is 0.0922. The smallest absolute Gasteiger partial charge is 0.251 e. The molecule has 19 heavy (non-hydrogen) atoms. The van der Waals surface area contributed by atoms with Crippen molar-refractivity contribution >= 4 is 40.9 Å². The molecule has 1 heterocycles. The summed E-state index contributed by atoms with van der Waals surface area (Å²) >= 11 is 2.23. The van der Waals surface area contributed by atoms with Gasteiger partial charge in [0, 0.05) is 15.2 Å². The maximum Gasteiger partial charge on any atom is 0.251 e. The van der Waals surface area contributed by atoms with E-state index in [0.717, 1.165) is 22.2 Å². The maximum atomic E-state index is 12.1. The Morgan fingerprint density at radius 1 is 1.53 bits per heavy atom. The number of halogens is 2. The molecule has 2 unspecified atom stereocenters. The quantitative estimate of drug-likeness (QED) is 0.774. The van der Waals surface area contributed by atoms with Crippen molar-refractivity contribution < 1.29 is 4.79 Å². The van der Waals surface area contributed by atoms with Crippen molar-refractivity contribution in [2.45, 2.75) is 25.8 Å². The fourth-order valence-corrected chi connectivity index (χ4v) is 2.89. The molecule has 0 radical (unpaired) electrons. The molecule has 5 heteroatoms. The summed E-state index contributed by atoms with van der Waals surface area (Å²) in [5.74, 6) is 0.581. The predicted molar refractivity (Wildman–Crippen MR) is 88.9 cm³/mol. The third kappa shape index (κ3) is 4.93. The number of piperidine rings is 1. The molecule has 2 atom stereocenters. The van der Waals surface area contributed by atoms with Crippen LogP contribution in [0.15, 0.2) is 24.3 Å². The summed E-state index contributed by atoms with van der Waals surface area (Å²) in [6, 6.07) is 7.92. The average molecular weight is 395 g/mol. The van der Waals surface area contributed by atoms with E-state index in [2.05, 4.69) is 40.1 Å². The van der Waals surface area contributed by atoms with E-state index in [9.17, 15) is 4.79 Å². The molecule has 2 rings (SSSR count). The summed E-state index contributed by atoms with van der Waals surface area (Å²) in [7, 11) is 0. The monoisotopic (exact) mass is 394 g/mol. The second-order valence-electron chi connectivity index (χ2n) is 4.88. The van der Waals surface area contributed by atoms with Gasteiger partial charge in [-0.05, 0) is 79.6 Å².